The maximum Gasteiger partial charge on any atom is 0.127 e. The molecule has 0 atom stereocenters. The molecule has 1 heterocycles. The Morgan fingerprint density at radius 1 is 1.25 bits per heavy atom. The van der Waals surface area contributed by atoms with E-state index in [0.717, 1.165) is 23.5 Å². The molecule has 0 aliphatic rings. The van der Waals surface area contributed by atoms with Gasteiger partial charge in [-0.05, 0) is 25.0 Å². The first-order valence-electron chi connectivity index (χ1n) is 5.41. The maximum atomic E-state index is 4.65. The number of nitrogens with one attached hydrogen (secondary N) is 1. The Morgan fingerprint density at radius 2 is 2.06 bits per heavy atom. The van der Waals surface area contributed by atoms with Crippen molar-refractivity contribution in [3.05, 3.63) is 41.2 Å². The predicted octanol–water partition coefficient (Wildman–Crippen LogP) is 2.55. The summed E-state index contributed by atoms with van der Waals surface area (Å²) >= 11 is 0. The summed E-state index contributed by atoms with van der Waals surface area (Å²) in [7, 11) is 0. The van der Waals surface area contributed by atoms with Gasteiger partial charge in [-0.25, -0.2) is 4.63 Å². The summed E-state index contributed by atoms with van der Waals surface area (Å²) in [6, 6.07) is 8.26. The summed E-state index contributed by atoms with van der Waals surface area (Å²) < 4.78 is 4.65. The van der Waals surface area contributed by atoms with Gasteiger partial charge >= 0.3 is 0 Å². The molecule has 1 aromatic heterocycles. The van der Waals surface area contributed by atoms with Gasteiger partial charge in [-0.1, -0.05) is 35.4 Å². The molecule has 16 heavy (non-hydrogen) atoms. The number of anilines is 1. The molecule has 0 saturated carbocycles. The first kappa shape index (κ1) is 10.7. The molecule has 0 bridgehead atoms. The van der Waals surface area contributed by atoms with Crippen LogP contribution in [0.4, 0.5) is 5.69 Å². The molecule has 0 unspecified atom stereocenters. The molecule has 0 amide bonds. The van der Waals surface area contributed by atoms with E-state index in [1.807, 2.05) is 19.1 Å². The van der Waals surface area contributed by atoms with Crippen LogP contribution in [0.2, 0.25) is 0 Å². The van der Waals surface area contributed by atoms with Gasteiger partial charge in [-0.3, -0.25) is 0 Å². The first-order chi connectivity index (χ1) is 7.81. The van der Waals surface area contributed by atoms with E-state index in [1.54, 1.807) is 0 Å². The summed E-state index contributed by atoms with van der Waals surface area (Å²) in [5.74, 6) is 0. The molecule has 1 aromatic carbocycles. The minimum absolute atomic E-state index is 0.645. The Bertz CT molecular complexity index is 465. The lowest BCUT2D eigenvalue weighted by atomic mass is 10.1. The molecule has 4 nitrogen and oxygen atoms in total. The number of aromatic nitrogens is 2. The lowest BCUT2D eigenvalue weighted by Gasteiger charge is -2.09. The first-order valence-corrected chi connectivity index (χ1v) is 5.41. The van der Waals surface area contributed by atoms with Crippen molar-refractivity contribution in [1.82, 2.24) is 10.3 Å². The van der Waals surface area contributed by atoms with Crippen LogP contribution >= 0.6 is 0 Å². The van der Waals surface area contributed by atoms with E-state index in [2.05, 4.69) is 39.3 Å². The van der Waals surface area contributed by atoms with Crippen molar-refractivity contribution in [2.45, 2.75) is 26.8 Å². The van der Waals surface area contributed by atoms with Gasteiger partial charge < -0.3 is 5.32 Å². The van der Waals surface area contributed by atoms with E-state index in [-0.39, 0.29) is 0 Å². The summed E-state index contributed by atoms with van der Waals surface area (Å²) in [5, 5.41) is 10.9. The molecule has 4 heteroatoms. The highest BCUT2D eigenvalue weighted by Gasteiger charge is 2.05. The SMILES string of the molecule is CCc1ccccc1NCc1nonc1C. The molecule has 84 valence electrons. The number of benzene rings is 1. The van der Waals surface area contributed by atoms with Gasteiger partial charge in [-0.2, -0.15) is 0 Å². The van der Waals surface area contributed by atoms with E-state index in [9.17, 15) is 0 Å². The van der Waals surface area contributed by atoms with Gasteiger partial charge in [0, 0.05) is 5.69 Å². The standard InChI is InChI=1S/C12H15N3O/c1-3-10-6-4-5-7-11(10)13-8-12-9(2)14-16-15-12/h4-7,13H,3,8H2,1-2H3. The van der Waals surface area contributed by atoms with Gasteiger partial charge in [0.15, 0.2) is 0 Å². The Labute approximate surface area is 94.6 Å². The fourth-order valence-electron chi connectivity index (χ4n) is 1.59. The number of hydrogen-bond donors (Lipinski definition) is 1. The van der Waals surface area contributed by atoms with Crippen molar-refractivity contribution in [2.24, 2.45) is 0 Å². The van der Waals surface area contributed by atoms with Crippen LogP contribution < -0.4 is 5.32 Å². The second-order valence-corrected chi connectivity index (χ2v) is 3.66. The molecule has 2 aromatic rings. The average molecular weight is 217 g/mol. The van der Waals surface area contributed by atoms with Gasteiger partial charge in [-0.15, -0.1) is 0 Å². The Kier molecular flexibility index (Phi) is 3.19. The van der Waals surface area contributed by atoms with E-state index >= 15 is 0 Å². The van der Waals surface area contributed by atoms with Crippen LogP contribution in [0.25, 0.3) is 0 Å². The quantitative estimate of drug-likeness (QED) is 0.855. The summed E-state index contributed by atoms with van der Waals surface area (Å²) in [6.07, 6.45) is 1.01. The third kappa shape index (κ3) is 2.21. The highest BCUT2D eigenvalue weighted by molar-refractivity contribution is 5.51. The van der Waals surface area contributed by atoms with Crippen LogP contribution in [0.3, 0.4) is 0 Å². The molecule has 0 aliphatic heterocycles. The van der Waals surface area contributed by atoms with Crippen LogP contribution in [0.15, 0.2) is 28.9 Å². The van der Waals surface area contributed by atoms with Crippen LogP contribution in [0.1, 0.15) is 23.9 Å². The molecule has 0 fully saturated rings. The van der Waals surface area contributed by atoms with Crippen molar-refractivity contribution >= 4 is 5.69 Å². The Balaban J connectivity index is 2.07. The smallest absolute Gasteiger partial charge is 0.127 e. The van der Waals surface area contributed by atoms with Gasteiger partial charge in [0.1, 0.15) is 11.4 Å². The molecule has 0 aliphatic carbocycles. The van der Waals surface area contributed by atoms with Gasteiger partial charge in [0.25, 0.3) is 0 Å². The summed E-state index contributed by atoms with van der Waals surface area (Å²) in [4.78, 5) is 0. The van der Waals surface area contributed by atoms with Crippen molar-refractivity contribution in [3.8, 4) is 0 Å². The van der Waals surface area contributed by atoms with Gasteiger partial charge in [0.05, 0.1) is 6.54 Å². The second kappa shape index (κ2) is 4.79. The molecule has 0 radical (unpaired) electrons. The predicted molar refractivity (Wildman–Crippen MR) is 62.2 cm³/mol. The van der Waals surface area contributed by atoms with Crippen molar-refractivity contribution in [1.29, 1.82) is 0 Å². The highest BCUT2D eigenvalue weighted by Crippen LogP contribution is 2.16. The second-order valence-electron chi connectivity index (χ2n) is 3.66. The van der Waals surface area contributed by atoms with Gasteiger partial charge in [0.2, 0.25) is 0 Å². The molecular weight excluding hydrogens is 202 g/mol. The van der Waals surface area contributed by atoms with Crippen LogP contribution in [-0.2, 0) is 13.0 Å². The van der Waals surface area contributed by atoms with Crippen molar-refractivity contribution < 1.29 is 4.63 Å². The number of nitrogens with zero attached hydrogens (tertiary/aromatic N) is 2. The van der Waals surface area contributed by atoms with Crippen LogP contribution in [0.5, 0.6) is 0 Å². The largest absolute Gasteiger partial charge is 0.379 e. The van der Waals surface area contributed by atoms with E-state index in [0.29, 0.717) is 6.54 Å². The Hall–Kier alpha value is -1.84. The topological polar surface area (TPSA) is 51.0 Å². The summed E-state index contributed by atoms with van der Waals surface area (Å²) in [6.45, 7) is 4.68. The number of aryl methyl sites for hydroxylation is 2. The minimum atomic E-state index is 0.645. The minimum Gasteiger partial charge on any atom is -0.379 e. The van der Waals surface area contributed by atoms with Crippen molar-refractivity contribution in [2.75, 3.05) is 5.32 Å². The van der Waals surface area contributed by atoms with Crippen molar-refractivity contribution in [3.63, 3.8) is 0 Å². The molecule has 0 spiro atoms. The third-order valence-corrected chi connectivity index (χ3v) is 2.59. The molecular formula is C12H15N3O. The monoisotopic (exact) mass is 217 g/mol. The number of hydrogen-bond acceptors (Lipinski definition) is 4. The number of para-hydroxylation sites is 1. The fourth-order valence-corrected chi connectivity index (χ4v) is 1.59. The molecule has 2 rings (SSSR count). The third-order valence-electron chi connectivity index (χ3n) is 2.59. The van der Waals surface area contributed by atoms with E-state index in [4.69, 9.17) is 0 Å². The molecule has 0 saturated heterocycles. The zero-order chi connectivity index (χ0) is 11.4. The number of rotatable bonds is 4. The van der Waals surface area contributed by atoms with E-state index in [1.165, 1.54) is 5.56 Å². The van der Waals surface area contributed by atoms with Crippen LogP contribution in [0, 0.1) is 6.92 Å². The fraction of sp³-hybridized carbons (Fsp3) is 0.333. The average Bonchev–Trinajstić information content (AvgIpc) is 2.72. The van der Waals surface area contributed by atoms with E-state index < -0.39 is 0 Å². The Morgan fingerprint density at radius 3 is 2.75 bits per heavy atom. The van der Waals surface area contributed by atoms with Crippen LogP contribution in [-0.4, -0.2) is 10.3 Å². The molecule has 1 N–H and O–H groups in total. The highest BCUT2D eigenvalue weighted by atomic mass is 16.6. The zero-order valence-corrected chi connectivity index (χ0v) is 9.53. The lowest BCUT2D eigenvalue weighted by molar-refractivity contribution is 0.301. The summed E-state index contributed by atoms with van der Waals surface area (Å²) in [5.41, 5.74) is 4.14. The lowest BCUT2D eigenvalue weighted by Crippen LogP contribution is -2.03. The maximum absolute atomic E-state index is 4.65. The normalized spacial score (nSPS) is 10.4. The zero-order valence-electron chi connectivity index (χ0n) is 9.53.